The molecule has 1 aromatic carbocycles. The van der Waals surface area contributed by atoms with Gasteiger partial charge < -0.3 is 15.4 Å². The zero-order valence-corrected chi connectivity index (χ0v) is 14.4. The summed E-state index contributed by atoms with van der Waals surface area (Å²) in [5.74, 6) is 0.319. The second-order valence-corrected chi connectivity index (χ2v) is 7.21. The van der Waals surface area contributed by atoms with E-state index in [1.807, 2.05) is 24.3 Å². The average molecular weight is 336 g/mol. The molecule has 23 heavy (non-hydrogen) atoms. The van der Waals surface area contributed by atoms with Gasteiger partial charge in [-0.25, -0.2) is 0 Å². The maximum absolute atomic E-state index is 12.0. The summed E-state index contributed by atoms with van der Waals surface area (Å²) in [5, 5.41) is 5.33. The van der Waals surface area contributed by atoms with Crippen LogP contribution in [0, 0.1) is 5.92 Å². The molecule has 1 atom stereocenters. The van der Waals surface area contributed by atoms with Crippen LogP contribution in [0.25, 0.3) is 0 Å². The number of para-hydroxylation sites is 1. The molecular formula is C17H24N2O3S. The van der Waals surface area contributed by atoms with Crippen LogP contribution in [0.5, 0.6) is 0 Å². The molecular weight excluding hydrogens is 312 g/mol. The van der Waals surface area contributed by atoms with Crippen LogP contribution in [0.3, 0.4) is 0 Å². The fourth-order valence-corrected chi connectivity index (χ4v) is 3.30. The van der Waals surface area contributed by atoms with E-state index in [1.54, 1.807) is 0 Å². The van der Waals surface area contributed by atoms with Crippen LogP contribution in [0.15, 0.2) is 29.2 Å². The van der Waals surface area contributed by atoms with Crippen LogP contribution in [0.2, 0.25) is 0 Å². The van der Waals surface area contributed by atoms with Gasteiger partial charge in [-0.2, -0.15) is 0 Å². The highest BCUT2D eigenvalue weighted by Gasteiger charge is 2.28. The van der Waals surface area contributed by atoms with Gasteiger partial charge in [-0.05, 0) is 24.5 Å². The predicted molar refractivity (Wildman–Crippen MR) is 92.6 cm³/mol. The summed E-state index contributed by atoms with van der Waals surface area (Å²) >= 11 is 1.45. The van der Waals surface area contributed by atoms with Crippen LogP contribution < -0.4 is 10.6 Å². The summed E-state index contributed by atoms with van der Waals surface area (Å²) < 4.78 is 5.46. The van der Waals surface area contributed by atoms with Crippen LogP contribution in [0.1, 0.15) is 26.7 Å². The van der Waals surface area contributed by atoms with Gasteiger partial charge in [0, 0.05) is 31.1 Å². The van der Waals surface area contributed by atoms with E-state index in [2.05, 4.69) is 24.5 Å². The number of hydrogen-bond donors (Lipinski definition) is 2. The number of nitrogens with one attached hydrogen (secondary N) is 2. The zero-order chi connectivity index (χ0) is 16.7. The molecule has 126 valence electrons. The van der Waals surface area contributed by atoms with Crippen LogP contribution in [-0.4, -0.2) is 36.8 Å². The van der Waals surface area contributed by atoms with Gasteiger partial charge in [0.2, 0.25) is 11.8 Å². The number of amides is 2. The van der Waals surface area contributed by atoms with Crippen molar-refractivity contribution in [1.82, 2.24) is 5.32 Å². The topological polar surface area (TPSA) is 67.4 Å². The first-order valence-corrected chi connectivity index (χ1v) is 8.85. The van der Waals surface area contributed by atoms with Crippen molar-refractivity contribution in [2.24, 2.45) is 5.92 Å². The molecule has 1 heterocycles. The Labute approximate surface area is 141 Å². The number of hydrogen-bond acceptors (Lipinski definition) is 4. The van der Waals surface area contributed by atoms with Crippen molar-refractivity contribution < 1.29 is 14.3 Å². The third-order valence-corrected chi connectivity index (χ3v) is 4.59. The van der Waals surface area contributed by atoms with Crippen molar-refractivity contribution >= 4 is 29.3 Å². The number of thioether (sulfide) groups is 1. The Morgan fingerprint density at radius 3 is 2.96 bits per heavy atom. The van der Waals surface area contributed by atoms with Crippen molar-refractivity contribution in [1.29, 1.82) is 0 Å². The molecule has 1 unspecified atom stereocenters. The minimum atomic E-state index is -0.373. The van der Waals surface area contributed by atoms with E-state index in [0.717, 1.165) is 23.6 Å². The van der Waals surface area contributed by atoms with Gasteiger partial charge in [-0.15, -0.1) is 11.8 Å². The van der Waals surface area contributed by atoms with Crippen molar-refractivity contribution in [2.75, 3.05) is 25.1 Å². The molecule has 1 aliphatic heterocycles. The highest BCUT2D eigenvalue weighted by molar-refractivity contribution is 8.01. The van der Waals surface area contributed by atoms with E-state index in [0.29, 0.717) is 19.1 Å². The zero-order valence-electron chi connectivity index (χ0n) is 13.6. The maximum Gasteiger partial charge on any atom is 0.238 e. The SMILES string of the molecule is CC(C)COCCCNC(=O)CC1Sc2ccccc2NC1=O. The first-order chi connectivity index (χ1) is 11.1. The summed E-state index contributed by atoms with van der Waals surface area (Å²) in [6, 6.07) is 7.63. The minimum Gasteiger partial charge on any atom is -0.381 e. The molecule has 0 aromatic heterocycles. The lowest BCUT2D eigenvalue weighted by Crippen LogP contribution is -2.35. The Morgan fingerprint density at radius 1 is 1.39 bits per heavy atom. The monoisotopic (exact) mass is 336 g/mol. The van der Waals surface area contributed by atoms with Gasteiger partial charge in [0.1, 0.15) is 0 Å². The lowest BCUT2D eigenvalue weighted by Gasteiger charge is -2.23. The van der Waals surface area contributed by atoms with E-state index in [-0.39, 0.29) is 23.5 Å². The molecule has 0 bridgehead atoms. The van der Waals surface area contributed by atoms with E-state index < -0.39 is 0 Å². The molecule has 0 aliphatic carbocycles. The van der Waals surface area contributed by atoms with E-state index in [1.165, 1.54) is 11.8 Å². The molecule has 5 nitrogen and oxygen atoms in total. The number of carbonyl (C=O) groups is 2. The Balaban J connectivity index is 1.68. The predicted octanol–water partition coefficient (Wildman–Crippen LogP) is 2.67. The number of anilines is 1. The first-order valence-electron chi connectivity index (χ1n) is 7.97. The number of carbonyl (C=O) groups excluding carboxylic acids is 2. The van der Waals surface area contributed by atoms with E-state index in [9.17, 15) is 9.59 Å². The lowest BCUT2D eigenvalue weighted by molar-refractivity contribution is -0.124. The van der Waals surface area contributed by atoms with Crippen molar-refractivity contribution in [3.05, 3.63) is 24.3 Å². The Kier molecular flexibility index (Phi) is 6.92. The third kappa shape index (κ3) is 5.88. The van der Waals surface area contributed by atoms with Crippen molar-refractivity contribution in [2.45, 2.75) is 36.8 Å². The second-order valence-electron chi connectivity index (χ2n) is 5.97. The average Bonchev–Trinajstić information content (AvgIpc) is 2.51. The van der Waals surface area contributed by atoms with Gasteiger partial charge >= 0.3 is 0 Å². The van der Waals surface area contributed by atoms with E-state index in [4.69, 9.17) is 4.74 Å². The first kappa shape index (κ1) is 17.8. The molecule has 1 aliphatic rings. The molecule has 0 fully saturated rings. The minimum absolute atomic E-state index is 0.0964. The summed E-state index contributed by atoms with van der Waals surface area (Å²) in [6.45, 7) is 6.17. The number of benzene rings is 1. The standard InChI is InChI=1S/C17H24N2O3S/c1-12(2)11-22-9-5-8-18-16(20)10-15-17(21)19-13-6-3-4-7-14(13)23-15/h3-4,6-7,12,15H,5,8-11H2,1-2H3,(H,18,20)(H,19,21). The highest BCUT2D eigenvalue weighted by atomic mass is 32.2. The summed E-state index contributed by atoms with van der Waals surface area (Å²) in [7, 11) is 0. The molecule has 6 heteroatoms. The number of fused-ring (bicyclic) bond motifs is 1. The molecule has 0 radical (unpaired) electrons. The van der Waals surface area contributed by atoms with Crippen molar-refractivity contribution in [3.8, 4) is 0 Å². The smallest absolute Gasteiger partial charge is 0.238 e. The molecule has 2 rings (SSSR count). The maximum atomic E-state index is 12.0. The molecule has 2 N–H and O–H groups in total. The largest absolute Gasteiger partial charge is 0.381 e. The fraction of sp³-hybridized carbons (Fsp3) is 0.529. The summed E-state index contributed by atoms with van der Waals surface area (Å²) in [5.41, 5.74) is 0.821. The lowest BCUT2D eigenvalue weighted by atomic mass is 10.2. The quantitative estimate of drug-likeness (QED) is 0.716. The fourth-order valence-electron chi connectivity index (χ4n) is 2.19. The molecule has 0 saturated carbocycles. The Morgan fingerprint density at radius 2 is 2.17 bits per heavy atom. The summed E-state index contributed by atoms with van der Waals surface area (Å²) in [6.07, 6.45) is 0.975. The van der Waals surface area contributed by atoms with Gasteiger partial charge in [0.05, 0.1) is 10.9 Å². The summed E-state index contributed by atoms with van der Waals surface area (Å²) in [4.78, 5) is 25.0. The van der Waals surface area contributed by atoms with Crippen LogP contribution >= 0.6 is 11.8 Å². The van der Waals surface area contributed by atoms with Gasteiger partial charge in [-0.1, -0.05) is 26.0 Å². The van der Waals surface area contributed by atoms with Crippen LogP contribution in [-0.2, 0) is 14.3 Å². The third-order valence-electron chi connectivity index (χ3n) is 3.32. The molecule has 0 spiro atoms. The second kappa shape index (κ2) is 8.93. The van der Waals surface area contributed by atoms with E-state index >= 15 is 0 Å². The molecule has 2 amide bonds. The number of rotatable bonds is 8. The van der Waals surface area contributed by atoms with Gasteiger partial charge in [0.25, 0.3) is 0 Å². The van der Waals surface area contributed by atoms with Gasteiger partial charge in [-0.3, -0.25) is 9.59 Å². The van der Waals surface area contributed by atoms with Gasteiger partial charge in [0.15, 0.2) is 0 Å². The Hall–Kier alpha value is -1.53. The molecule has 1 aromatic rings. The van der Waals surface area contributed by atoms with Crippen molar-refractivity contribution in [3.63, 3.8) is 0 Å². The van der Waals surface area contributed by atoms with Crippen LogP contribution in [0.4, 0.5) is 5.69 Å². The Bertz CT molecular complexity index is 548. The molecule has 0 saturated heterocycles. The normalized spacial score (nSPS) is 16.8. The highest BCUT2D eigenvalue weighted by Crippen LogP contribution is 2.36. The number of ether oxygens (including phenoxy) is 1.